The molecule has 0 aromatic heterocycles. The van der Waals surface area contributed by atoms with Crippen molar-refractivity contribution in [2.45, 2.75) is 82.2 Å². The minimum Gasteiger partial charge on any atom is -0.380 e. The van der Waals surface area contributed by atoms with Gasteiger partial charge in [0.15, 0.2) is 0 Å². The fourth-order valence-electron chi connectivity index (χ4n) is 9.40. The average Bonchev–Trinajstić information content (AvgIpc) is 3.18. The maximum atomic E-state index is 14.4. The predicted octanol–water partition coefficient (Wildman–Crippen LogP) is 3.03. The van der Waals surface area contributed by atoms with Gasteiger partial charge >= 0.3 is 6.18 Å². The van der Waals surface area contributed by atoms with Crippen LogP contribution in [0.25, 0.3) is 0 Å². The Hall–Kier alpha value is -0.940. The molecule has 7 rings (SSSR count). The highest BCUT2D eigenvalue weighted by molar-refractivity contribution is 5.82. The normalized spacial score (nSPS) is 45.2. The molecule has 38 heavy (non-hydrogen) atoms. The van der Waals surface area contributed by atoms with Crippen molar-refractivity contribution in [2.75, 3.05) is 46.6 Å². The summed E-state index contributed by atoms with van der Waals surface area (Å²) >= 11 is 0. The van der Waals surface area contributed by atoms with E-state index in [1.54, 1.807) is 0 Å². The second-order valence-corrected chi connectivity index (χ2v) is 13.9. The summed E-state index contributed by atoms with van der Waals surface area (Å²) in [6.45, 7) is 4.36. The van der Waals surface area contributed by atoms with Crippen LogP contribution in [0.1, 0.15) is 57.8 Å². The van der Waals surface area contributed by atoms with Crippen LogP contribution >= 0.6 is 0 Å². The molecule has 3 aliphatic carbocycles. The first-order valence-corrected chi connectivity index (χ1v) is 15.1. The van der Waals surface area contributed by atoms with Gasteiger partial charge in [0.25, 0.3) is 0 Å². The standard InChI is InChI=1S/C28H44F3N5O2/c1-34-16-32-33-25(34)11-27(14-38-15-27)19-3-2-4-20(10-19)36-13-22-21(26(36)37)7-17(8-23(22)28(29,30)31)12-35-6-5-18-9-24(18)35/h17-25,32-33H,2-16H2,1H3/t17?,18-,19?,20?,21?,22?,23?,24+,25?/m0/s1. The molecule has 4 heterocycles. The molecular formula is C28H44F3N5O2. The molecular weight excluding hydrogens is 495 g/mol. The molecule has 3 saturated carbocycles. The van der Waals surface area contributed by atoms with E-state index in [4.69, 9.17) is 4.74 Å². The van der Waals surface area contributed by atoms with Gasteiger partial charge in [-0.05, 0) is 88.6 Å². The van der Waals surface area contributed by atoms with E-state index < -0.39 is 23.9 Å². The molecule has 7 nitrogen and oxygen atoms in total. The first-order chi connectivity index (χ1) is 18.2. The third kappa shape index (κ3) is 4.50. The van der Waals surface area contributed by atoms with E-state index in [2.05, 4.69) is 27.7 Å². The lowest BCUT2D eigenvalue weighted by Gasteiger charge is -2.52. The number of carbonyl (C=O) groups is 1. The Morgan fingerprint density at radius 2 is 1.95 bits per heavy atom. The fraction of sp³-hybridized carbons (Fsp3) is 0.964. The summed E-state index contributed by atoms with van der Waals surface area (Å²) < 4.78 is 48.9. The van der Waals surface area contributed by atoms with Crippen molar-refractivity contribution in [3.05, 3.63) is 0 Å². The lowest BCUT2D eigenvalue weighted by Crippen LogP contribution is -2.56. The van der Waals surface area contributed by atoms with Gasteiger partial charge in [-0.2, -0.15) is 13.2 Å². The molecule has 10 heteroatoms. The molecule has 4 saturated heterocycles. The largest absolute Gasteiger partial charge is 0.392 e. The van der Waals surface area contributed by atoms with E-state index in [-0.39, 0.29) is 35.9 Å². The smallest absolute Gasteiger partial charge is 0.380 e. The average molecular weight is 540 g/mol. The number of halogens is 3. The number of hydrogen-bond donors (Lipinski definition) is 2. The number of alkyl halides is 3. The maximum absolute atomic E-state index is 14.4. The molecule has 9 atom stereocenters. The highest BCUT2D eigenvalue weighted by Gasteiger charge is 2.59. The lowest BCUT2D eigenvalue weighted by atomic mass is 9.64. The number of carbonyl (C=O) groups excluding carboxylic acids is 1. The molecule has 7 unspecified atom stereocenters. The van der Waals surface area contributed by atoms with E-state index in [1.165, 1.54) is 12.8 Å². The third-order valence-corrected chi connectivity index (χ3v) is 11.7. The number of hydrazine groups is 1. The van der Waals surface area contributed by atoms with Crippen LogP contribution in [0, 0.1) is 40.9 Å². The van der Waals surface area contributed by atoms with Gasteiger partial charge in [0.1, 0.15) is 0 Å². The molecule has 0 spiro atoms. The third-order valence-electron chi connectivity index (χ3n) is 11.7. The molecule has 4 aliphatic heterocycles. The SMILES string of the molecule is CN1CNNC1CC1(C2CCCC(N3CC4C(CC(CN5CC[C@H]6C[C@H]65)CC4C(F)(F)F)C3=O)C2)COC1. The first kappa shape index (κ1) is 26.0. The van der Waals surface area contributed by atoms with Crippen molar-refractivity contribution < 1.29 is 22.7 Å². The second kappa shape index (κ2) is 9.57. The number of hydrogen-bond acceptors (Lipinski definition) is 6. The van der Waals surface area contributed by atoms with Crippen LogP contribution in [0.3, 0.4) is 0 Å². The number of piperidine rings is 1. The van der Waals surface area contributed by atoms with Gasteiger partial charge in [0.05, 0.1) is 32.0 Å². The van der Waals surface area contributed by atoms with Gasteiger partial charge in [-0.3, -0.25) is 14.6 Å². The highest BCUT2D eigenvalue weighted by Crippen LogP contribution is 2.54. The molecule has 0 aromatic rings. The monoisotopic (exact) mass is 539 g/mol. The highest BCUT2D eigenvalue weighted by atomic mass is 19.4. The lowest BCUT2D eigenvalue weighted by molar-refractivity contribution is -0.204. The van der Waals surface area contributed by atoms with Gasteiger partial charge in [-0.1, -0.05) is 6.42 Å². The van der Waals surface area contributed by atoms with Crippen LogP contribution < -0.4 is 10.9 Å². The predicted molar refractivity (Wildman–Crippen MR) is 135 cm³/mol. The van der Waals surface area contributed by atoms with Crippen LogP contribution in [-0.2, 0) is 9.53 Å². The Balaban J connectivity index is 1.05. The summed E-state index contributed by atoms with van der Waals surface area (Å²) in [4.78, 5) is 20.4. The van der Waals surface area contributed by atoms with Gasteiger partial charge in [0, 0.05) is 36.5 Å². The van der Waals surface area contributed by atoms with E-state index in [0.717, 1.165) is 71.0 Å². The fourth-order valence-corrected chi connectivity index (χ4v) is 9.40. The van der Waals surface area contributed by atoms with Crippen LogP contribution in [0.4, 0.5) is 13.2 Å². The molecule has 1 amide bonds. The van der Waals surface area contributed by atoms with Gasteiger partial charge < -0.3 is 9.64 Å². The Kier molecular flexibility index (Phi) is 6.54. The zero-order valence-electron chi connectivity index (χ0n) is 22.6. The Bertz CT molecular complexity index is 915. The van der Waals surface area contributed by atoms with E-state index in [0.29, 0.717) is 24.9 Å². The van der Waals surface area contributed by atoms with Gasteiger partial charge in [-0.15, -0.1) is 0 Å². The van der Waals surface area contributed by atoms with Crippen molar-refractivity contribution in [3.8, 4) is 0 Å². The summed E-state index contributed by atoms with van der Waals surface area (Å²) in [6.07, 6.45) is 4.21. The molecule has 7 aliphatic rings. The van der Waals surface area contributed by atoms with Crippen molar-refractivity contribution in [1.82, 2.24) is 25.6 Å². The van der Waals surface area contributed by atoms with E-state index in [1.807, 2.05) is 4.90 Å². The first-order valence-electron chi connectivity index (χ1n) is 15.1. The quantitative estimate of drug-likeness (QED) is 0.541. The summed E-state index contributed by atoms with van der Waals surface area (Å²) in [5, 5.41) is 0. The molecule has 0 radical (unpaired) electrons. The van der Waals surface area contributed by atoms with Crippen LogP contribution in [-0.4, -0.2) is 91.6 Å². The topological polar surface area (TPSA) is 60.1 Å². The van der Waals surface area contributed by atoms with Crippen LogP contribution in [0.5, 0.6) is 0 Å². The van der Waals surface area contributed by atoms with Crippen LogP contribution in [0.2, 0.25) is 0 Å². The zero-order chi connectivity index (χ0) is 26.2. The number of likely N-dealkylation sites (tertiary alicyclic amines) is 2. The number of fused-ring (bicyclic) bond motifs is 2. The zero-order valence-corrected chi connectivity index (χ0v) is 22.6. The van der Waals surface area contributed by atoms with Crippen molar-refractivity contribution in [2.24, 2.45) is 40.9 Å². The maximum Gasteiger partial charge on any atom is 0.392 e. The molecule has 0 aromatic carbocycles. The number of amides is 1. The van der Waals surface area contributed by atoms with Gasteiger partial charge in [0.2, 0.25) is 5.91 Å². The number of nitrogens with zero attached hydrogens (tertiary/aromatic N) is 3. The van der Waals surface area contributed by atoms with Crippen molar-refractivity contribution >= 4 is 5.91 Å². The minimum atomic E-state index is -4.23. The molecule has 214 valence electrons. The Morgan fingerprint density at radius 1 is 1.11 bits per heavy atom. The number of nitrogens with one attached hydrogen (secondary N) is 2. The molecule has 7 fully saturated rings. The summed E-state index contributed by atoms with van der Waals surface area (Å²) in [7, 11) is 2.11. The van der Waals surface area contributed by atoms with Crippen molar-refractivity contribution in [3.63, 3.8) is 0 Å². The second-order valence-electron chi connectivity index (χ2n) is 13.9. The van der Waals surface area contributed by atoms with Crippen LogP contribution in [0.15, 0.2) is 0 Å². The molecule has 0 bridgehead atoms. The summed E-state index contributed by atoms with van der Waals surface area (Å²) in [6, 6.07) is 0.666. The number of ether oxygens (including phenoxy) is 1. The van der Waals surface area contributed by atoms with E-state index >= 15 is 0 Å². The van der Waals surface area contributed by atoms with Gasteiger partial charge in [-0.25, -0.2) is 10.9 Å². The minimum absolute atomic E-state index is 0.0191. The Labute approximate surface area is 224 Å². The Morgan fingerprint density at radius 3 is 2.58 bits per heavy atom. The summed E-state index contributed by atoms with van der Waals surface area (Å²) in [5.41, 5.74) is 6.68. The molecule has 2 N–H and O–H groups in total. The van der Waals surface area contributed by atoms with Crippen molar-refractivity contribution in [1.29, 1.82) is 0 Å². The number of rotatable bonds is 6. The van der Waals surface area contributed by atoms with E-state index in [9.17, 15) is 18.0 Å². The summed E-state index contributed by atoms with van der Waals surface area (Å²) in [5.74, 6) is -1.17.